The first-order valence-corrected chi connectivity index (χ1v) is 27.2. The number of unbranched alkanes of at least 4 members (excludes halogenated alkanes) is 2. The van der Waals surface area contributed by atoms with E-state index in [2.05, 4.69) is 25.9 Å². The Morgan fingerprint density at radius 2 is 1.50 bits per heavy atom. The molecule has 404 valence electrons. The summed E-state index contributed by atoms with van der Waals surface area (Å²) in [7, 11) is -5.04. The third-order valence-electron chi connectivity index (χ3n) is 13.3. The number of sulfone groups is 1. The van der Waals surface area contributed by atoms with E-state index in [0.29, 0.717) is 93.0 Å². The summed E-state index contributed by atoms with van der Waals surface area (Å²) in [5, 5.41) is 9.88. The van der Waals surface area contributed by atoms with Crippen LogP contribution in [0.15, 0.2) is 140 Å². The van der Waals surface area contributed by atoms with Gasteiger partial charge in [-0.15, -0.1) is 0 Å². The molecule has 6 rings (SSSR count). The van der Waals surface area contributed by atoms with Gasteiger partial charge in [0.15, 0.2) is 15.8 Å². The quantitative estimate of drug-likeness (QED) is 0.0190. The molecular formula is C55H69BF2N10O7S. The number of piperazine rings is 1. The van der Waals surface area contributed by atoms with Crippen LogP contribution in [0.25, 0.3) is 17.3 Å². The smallest absolute Gasteiger partial charge is 0.497 e. The number of carbonyl (C=O) groups is 4. The molecule has 76 heavy (non-hydrogen) atoms. The Hall–Kier alpha value is -7.55. The molecule has 2 atom stereocenters. The van der Waals surface area contributed by atoms with Gasteiger partial charge in [-0.3, -0.25) is 33.0 Å². The highest BCUT2D eigenvalue weighted by atomic mass is 32.2. The molecule has 5 amide bonds. The zero-order valence-electron chi connectivity index (χ0n) is 43.4. The molecule has 21 heteroatoms. The maximum absolute atomic E-state index is 14.4. The lowest BCUT2D eigenvalue weighted by atomic mass is 10.0. The number of nitrogens with zero attached hydrogens (tertiary/aromatic N) is 5. The summed E-state index contributed by atoms with van der Waals surface area (Å²) >= 11 is 0. The van der Waals surface area contributed by atoms with Crippen molar-refractivity contribution in [3.63, 3.8) is 0 Å². The predicted octanol–water partition coefficient (Wildman–Crippen LogP) is 6.91. The van der Waals surface area contributed by atoms with Crippen molar-refractivity contribution in [3.05, 3.63) is 137 Å². The molecule has 1 aromatic heterocycles. The van der Waals surface area contributed by atoms with Crippen LogP contribution in [-0.4, -0.2) is 124 Å². The number of nitrogens with two attached hydrogens (primary N) is 2. The monoisotopic (exact) mass is 1060 g/mol. The molecule has 0 saturated carbocycles. The van der Waals surface area contributed by atoms with Crippen molar-refractivity contribution in [2.45, 2.75) is 95.0 Å². The van der Waals surface area contributed by atoms with E-state index in [1.807, 2.05) is 44.2 Å². The average molecular weight is 1060 g/mol. The Morgan fingerprint density at radius 1 is 0.816 bits per heavy atom. The molecule has 3 heterocycles. The van der Waals surface area contributed by atoms with Gasteiger partial charge in [0.1, 0.15) is 11.8 Å². The van der Waals surface area contributed by atoms with Crippen LogP contribution in [0.3, 0.4) is 0 Å². The van der Waals surface area contributed by atoms with Crippen LogP contribution in [0.1, 0.15) is 82.9 Å². The van der Waals surface area contributed by atoms with Gasteiger partial charge in [-0.25, -0.2) is 13.2 Å². The van der Waals surface area contributed by atoms with Crippen molar-refractivity contribution in [1.82, 2.24) is 30.2 Å². The highest BCUT2D eigenvalue weighted by molar-refractivity contribution is 7.94. The van der Waals surface area contributed by atoms with Gasteiger partial charge in [0.05, 0.1) is 17.7 Å². The number of rotatable bonds is 26. The van der Waals surface area contributed by atoms with Gasteiger partial charge in [-0.1, -0.05) is 61.0 Å². The van der Waals surface area contributed by atoms with Gasteiger partial charge in [0.25, 0.3) is 0 Å². The number of carbonyl (C=O) groups excluding carboxylic acids is 4. The summed E-state index contributed by atoms with van der Waals surface area (Å²) in [5.41, 5.74) is 16.4. The largest absolute Gasteiger partial charge is 0.678 e. The Kier molecular flexibility index (Phi) is 21.6. The summed E-state index contributed by atoms with van der Waals surface area (Å²) in [4.78, 5) is 65.7. The van der Waals surface area contributed by atoms with Crippen molar-refractivity contribution >= 4 is 58.7 Å². The summed E-state index contributed by atoms with van der Waals surface area (Å²) in [6, 6.07) is 25.6. The number of hydrogen-bond donors (Lipinski definition) is 5. The Labute approximate surface area is 444 Å². The fourth-order valence-corrected chi connectivity index (χ4v) is 10.1. The Bertz CT molecular complexity index is 2880. The molecule has 0 aliphatic carbocycles. The van der Waals surface area contributed by atoms with Gasteiger partial charge in [0.2, 0.25) is 17.7 Å². The molecule has 3 aromatic carbocycles. The predicted molar refractivity (Wildman–Crippen MR) is 294 cm³/mol. The third-order valence-corrected chi connectivity index (χ3v) is 14.8. The van der Waals surface area contributed by atoms with Gasteiger partial charge in [-0.05, 0) is 136 Å². The zero-order chi connectivity index (χ0) is 54.6. The van der Waals surface area contributed by atoms with E-state index in [9.17, 15) is 36.2 Å². The van der Waals surface area contributed by atoms with Crippen LogP contribution >= 0.6 is 0 Å². The number of amides is 5. The fraction of sp³-hybridized carbons (Fsp3) is 0.382. The lowest BCUT2D eigenvalue weighted by molar-refractivity contribution is -0.132. The molecule has 4 aromatic rings. The highest BCUT2D eigenvalue weighted by Crippen LogP contribution is 2.32. The van der Waals surface area contributed by atoms with Crippen LogP contribution in [0, 0.1) is 0 Å². The molecule has 2 aliphatic heterocycles. The van der Waals surface area contributed by atoms with E-state index < -0.39 is 41.3 Å². The zero-order valence-corrected chi connectivity index (χ0v) is 44.2. The van der Waals surface area contributed by atoms with E-state index in [0.717, 1.165) is 38.7 Å². The first kappa shape index (κ1) is 57.7. The van der Waals surface area contributed by atoms with Crippen LogP contribution in [0.4, 0.5) is 13.4 Å². The van der Waals surface area contributed by atoms with E-state index in [1.165, 1.54) is 18.2 Å². The maximum atomic E-state index is 14.4. The van der Waals surface area contributed by atoms with Gasteiger partial charge in [0, 0.05) is 80.7 Å². The molecule has 1 fully saturated rings. The van der Waals surface area contributed by atoms with Crippen LogP contribution in [0.2, 0.25) is 0 Å². The molecular weight excluding hydrogens is 994 g/mol. The molecule has 1 saturated heterocycles. The molecule has 0 radical (unpaired) electrons. The minimum atomic E-state index is -3.81. The topological polar surface area (TPSA) is 236 Å². The molecule has 7 N–H and O–H groups in total. The summed E-state index contributed by atoms with van der Waals surface area (Å²) in [6.45, 7) is 5.55. The summed E-state index contributed by atoms with van der Waals surface area (Å²) in [5.74, 6) is -0.126. The van der Waals surface area contributed by atoms with Crippen LogP contribution < -0.4 is 32.2 Å². The molecule has 17 nitrogen and oxygen atoms in total. The SMILES string of the molecule is COc1ccc(-c2ccc(/C=C3\N=C(C)C(CCC(=O)NCCCCCC(=O)N4CCN(C(=O)N[C@@H](CCCN=C(N)N)C(=O)N[C@H](/C=C/S(=O)(=O)c5ccccc5)CCc5ccccc5)CC4)=C3C)n2B(F)F)cc1. The number of methoxy groups -OCH3 is 1. The van der Waals surface area contributed by atoms with Crippen molar-refractivity contribution in [3.8, 4) is 17.0 Å². The molecule has 0 spiro atoms. The lowest BCUT2D eigenvalue weighted by Gasteiger charge is -2.35. The number of aryl methyl sites for hydroxylation is 1. The van der Waals surface area contributed by atoms with E-state index in [-0.39, 0.29) is 55.1 Å². The summed E-state index contributed by atoms with van der Waals surface area (Å²) in [6.07, 6.45) is 7.62. The minimum Gasteiger partial charge on any atom is -0.497 e. The maximum Gasteiger partial charge on any atom is 0.678 e. The second kappa shape index (κ2) is 28.4. The number of aliphatic imine (C=N–C) groups is 2. The van der Waals surface area contributed by atoms with Gasteiger partial charge < -0.3 is 46.4 Å². The second-order valence-electron chi connectivity index (χ2n) is 18.7. The van der Waals surface area contributed by atoms with Gasteiger partial charge >= 0.3 is 13.4 Å². The number of aromatic nitrogens is 1. The lowest BCUT2D eigenvalue weighted by Crippen LogP contribution is -2.57. The number of halogens is 2. The number of allylic oxidation sites excluding steroid dienone is 2. The van der Waals surface area contributed by atoms with Crippen LogP contribution in [-0.2, 0) is 30.6 Å². The normalized spacial score (nSPS) is 15.1. The minimum absolute atomic E-state index is 0.0318. The number of guanidine groups is 1. The fourth-order valence-electron chi connectivity index (χ4n) is 9.02. The molecule has 0 bridgehead atoms. The van der Waals surface area contributed by atoms with E-state index in [4.69, 9.17) is 16.2 Å². The standard InChI is InChI=1S/C55H69BF2N10O7S/c1-39-47(40(2)63-49(39)38-44-24-28-50(68(44)56(57)58)42-21-25-45(75-3)26-22-42)27-29-51(69)61-31-12-6-11-19-52(70)66-33-35-67(36-34-66)55(72)65-48(18-13-32-62-54(59)60)53(71)64-43(23-20-41-14-7-4-8-15-41)30-37-76(73,74)46-16-9-5-10-17-46/h4-5,7-10,14-17,21-22,24-26,28,30,37-38,43,48H,6,11-13,18-20,23,27,29,31-36H2,1-3H3,(H,61,69)(H,64,71)(H,65,72)(H4,59,60,62)/b37-30+,49-38-/t43-,48-/m0/s1. The number of ether oxygens (including phenoxy) is 1. The number of benzene rings is 3. The van der Waals surface area contributed by atoms with E-state index >= 15 is 0 Å². The number of nitrogens with one attached hydrogen (secondary N) is 3. The molecule has 2 aliphatic rings. The number of urea groups is 1. The Balaban J connectivity index is 0.928. The van der Waals surface area contributed by atoms with Crippen LogP contribution in [0.5, 0.6) is 5.75 Å². The number of hydrogen-bond acceptors (Lipinski definition) is 9. The van der Waals surface area contributed by atoms with Gasteiger partial charge in [-0.2, -0.15) is 0 Å². The Morgan fingerprint density at radius 3 is 2.17 bits per heavy atom. The van der Waals surface area contributed by atoms with E-state index in [1.54, 1.807) is 77.6 Å². The molecule has 0 unspecified atom stereocenters. The van der Waals surface area contributed by atoms with Crippen molar-refractivity contribution in [2.24, 2.45) is 21.5 Å². The summed E-state index contributed by atoms with van der Waals surface area (Å²) < 4.78 is 61.3. The third kappa shape index (κ3) is 17.0. The van der Waals surface area contributed by atoms with Crippen molar-refractivity contribution in [1.29, 1.82) is 0 Å². The average Bonchev–Trinajstić information content (AvgIpc) is 3.97. The second-order valence-corrected chi connectivity index (χ2v) is 20.5. The van der Waals surface area contributed by atoms with Crippen molar-refractivity contribution < 1.29 is 41.0 Å². The highest BCUT2D eigenvalue weighted by Gasteiger charge is 2.29. The van der Waals surface area contributed by atoms with Crippen molar-refractivity contribution in [2.75, 3.05) is 46.4 Å². The first-order chi connectivity index (χ1) is 36.5. The first-order valence-electron chi connectivity index (χ1n) is 25.6.